The summed E-state index contributed by atoms with van der Waals surface area (Å²) in [4.78, 5) is 12.3. The Morgan fingerprint density at radius 2 is 1.71 bits per heavy atom. The van der Waals surface area contributed by atoms with E-state index in [-0.39, 0.29) is 5.56 Å². The smallest absolute Gasteiger partial charge is 0.416 e. The molecule has 0 aromatic heterocycles. The number of carbonyl (C=O) groups is 1. The van der Waals surface area contributed by atoms with Gasteiger partial charge in [0, 0.05) is 0 Å². The van der Waals surface area contributed by atoms with Crippen LogP contribution in [0.5, 0.6) is 0 Å². The summed E-state index contributed by atoms with van der Waals surface area (Å²) in [6, 6.07) is 15.5. The average Bonchev–Trinajstić information content (AvgIpc) is 2.59. The van der Waals surface area contributed by atoms with Crippen molar-refractivity contribution in [3.8, 4) is 11.1 Å². The summed E-state index contributed by atoms with van der Waals surface area (Å²) in [5.74, 6) is -0.584. The lowest BCUT2D eigenvalue weighted by molar-refractivity contribution is -0.137. The van der Waals surface area contributed by atoms with Crippen molar-refractivity contribution in [3.63, 3.8) is 0 Å². The third-order valence-corrected chi connectivity index (χ3v) is 3.82. The van der Waals surface area contributed by atoms with Gasteiger partial charge in [0.2, 0.25) is 0 Å². The van der Waals surface area contributed by atoms with Crippen LogP contribution in [-0.4, -0.2) is 13.1 Å². The van der Waals surface area contributed by atoms with Crippen LogP contribution in [0.1, 0.15) is 15.9 Å². The van der Waals surface area contributed by atoms with Crippen LogP contribution in [0.3, 0.4) is 0 Å². The van der Waals surface area contributed by atoms with E-state index in [4.69, 9.17) is 4.74 Å². The average molecular weight is 330 g/mol. The maximum atomic E-state index is 13.0. The molecule has 24 heavy (non-hydrogen) atoms. The highest BCUT2D eigenvalue weighted by Crippen LogP contribution is 2.35. The van der Waals surface area contributed by atoms with E-state index >= 15 is 0 Å². The van der Waals surface area contributed by atoms with Gasteiger partial charge >= 0.3 is 12.1 Å². The number of methoxy groups -OCH3 is 1. The number of hydrogen-bond donors (Lipinski definition) is 0. The van der Waals surface area contributed by atoms with E-state index in [1.165, 1.54) is 13.2 Å². The minimum absolute atomic E-state index is 0.259. The van der Waals surface area contributed by atoms with Crippen LogP contribution >= 0.6 is 0 Å². The molecule has 0 saturated carbocycles. The molecular weight excluding hydrogens is 317 g/mol. The number of hydrogen-bond acceptors (Lipinski definition) is 2. The molecule has 5 heteroatoms. The zero-order valence-electron chi connectivity index (χ0n) is 12.7. The van der Waals surface area contributed by atoms with Crippen molar-refractivity contribution in [2.75, 3.05) is 7.11 Å². The molecule has 0 aliphatic heterocycles. The summed E-state index contributed by atoms with van der Waals surface area (Å²) in [6.45, 7) is 0. The molecule has 0 unspecified atom stereocenters. The summed E-state index contributed by atoms with van der Waals surface area (Å²) in [6.07, 6.45) is -4.45. The molecule has 0 amide bonds. The molecule has 0 radical (unpaired) electrons. The predicted molar refractivity (Wildman–Crippen MR) is 85.7 cm³/mol. The molecule has 0 saturated heterocycles. The number of fused-ring (bicyclic) bond motifs is 1. The predicted octanol–water partition coefficient (Wildman–Crippen LogP) is 5.31. The van der Waals surface area contributed by atoms with Crippen LogP contribution in [0.25, 0.3) is 21.9 Å². The molecule has 3 rings (SSSR count). The van der Waals surface area contributed by atoms with Crippen molar-refractivity contribution in [1.82, 2.24) is 0 Å². The summed E-state index contributed by atoms with van der Waals surface area (Å²) in [7, 11) is 1.25. The number of carbonyl (C=O) groups excluding carboxylic acids is 1. The summed E-state index contributed by atoms with van der Waals surface area (Å²) < 4.78 is 43.8. The van der Waals surface area contributed by atoms with Gasteiger partial charge in [-0.05, 0) is 34.0 Å². The summed E-state index contributed by atoms with van der Waals surface area (Å²) in [5, 5.41) is 1.45. The Bertz CT molecular complexity index is 914. The van der Waals surface area contributed by atoms with E-state index in [1.807, 2.05) is 12.1 Å². The molecule has 0 N–H and O–H groups in total. The van der Waals surface area contributed by atoms with Gasteiger partial charge in [-0.15, -0.1) is 0 Å². The number of halogens is 3. The first kappa shape index (κ1) is 16.1. The molecule has 0 fully saturated rings. The van der Waals surface area contributed by atoms with E-state index in [0.29, 0.717) is 16.5 Å². The zero-order valence-corrected chi connectivity index (χ0v) is 12.7. The lowest BCUT2D eigenvalue weighted by Gasteiger charge is -2.13. The molecule has 0 spiro atoms. The first-order valence-electron chi connectivity index (χ1n) is 7.19. The third kappa shape index (κ3) is 2.85. The number of benzene rings is 3. The second-order valence-electron chi connectivity index (χ2n) is 5.28. The second kappa shape index (κ2) is 6.00. The van der Waals surface area contributed by atoms with Crippen molar-refractivity contribution in [2.24, 2.45) is 0 Å². The maximum Gasteiger partial charge on any atom is 0.416 e. The van der Waals surface area contributed by atoms with Gasteiger partial charge in [0.05, 0.1) is 18.2 Å². The molecule has 0 heterocycles. The first-order valence-corrected chi connectivity index (χ1v) is 7.19. The molecule has 0 bridgehead atoms. The van der Waals surface area contributed by atoms with Gasteiger partial charge in [0.15, 0.2) is 0 Å². The lowest BCUT2D eigenvalue weighted by Crippen LogP contribution is -2.07. The van der Waals surface area contributed by atoms with Crippen molar-refractivity contribution in [1.29, 1.82) is 0 Å². The normalized spacial score (nSPS) is 11.5. The summed E-state index contributed by atoms with van der Waals surface area (Å²) in [5.41, 5.74) is 0.224. The molecular formula is C19H13F3O2. The minimum atomic E-state index is -4.45. The molecule has 0 aliphatic rings. The fraction of sp³-hybridized carbons (Fsp3) is 0.105. The molecule has 3 aromatic carbocycles. The molecule has 122 valence electrons. The first-order chi connectivity index (χ1) is 11.4. The number of ether oxygens (including phenoxy) is 1. The van der Waals surface area contributed by atoms with Gasteiger partial charge in [-0.1, -0.05) is 48.5 Å². The number of alkyl halides is 3. The summed E-state index contributed by atoms with van der Waals surface area (Å²) >= 11 is 0. The zero-order chi connectivity index (χ0) is 17.3. The molecule has 0 atom stereocenters. The Morgan fingerprint density at radius 3 is 2.42 bits per heavy atom. The van der Waals surface area contributed by atoms with Crippen molar-refractivity contribution < 1.29 is 22.7 Å². The molecule has 3 aromatic rings. The van der Waals surface area contributed by atoms with Gasteiger partial charge in [0.25, 0.3) is 0 Å². The maximum absolute atomic E-state index is 13.0. The van der Waals surface area contributed by atoms with Gasteiger partial charge in [-0.25, -0.2) is 4.79 Å². The third-order valence-electron chi connectivity index (χ3n) is 3.82. The number of rotatable bonds is 2. The van der Waals surface area contributed by atoms with Gasteiger partial charge in [-0.2, -0.15) is 13.2 Å². The highest BCUT2D eigenvalue weighted by molar-refractivity contribution is 6.10. The van der Waals surface area contributed by atoms with Crippen LogP contribution in [0, 0.1) is 0 Å². The molecule has 2 nitrogen and oxygen atoms in total. The topological polar surface area (TPSA) is 26.3 Å². The fourth-order valence-corrected chi connectivity index (χ4v) is 2.70. The van der Waals surface area contributed by atoms with Crippen LogP contribution < -0.4 is 0 Å². The Hall–Kier alpha value is -2.82. The SMILES string of the molecule is COC(=O)c1c(-c2cccc(C(F)(F)F)c2)ccc2ccccc12. The van der Waals surface area contributed by atoms with E-state index in [2.05, 4.69) is 0 Å². The van der Waals surface area contributed by atoms with Crippen LogP contribution in [0.2, 0.25) is 0 Å². The van der Waals surface area contributed by atoms with Gasteiger partial charge in [0.1, 0.15) is 0 Å². The number of esters is 1. The van der Waals surface area contributed by atoms with Crippen molar-refractivity contribution in [3.05, 3.63) is 71.8 Å². The van der Waals surface area contributed by atoms with Crippen LogP contribution in [-0.2, 0) is 10.9 Å². The van der Waals surface area contributed by atoms with Gasteiger partial charge < -0.3 is 4.74 Å². The van der Waals surface area contributed by atoms with Gasteiger partial charge in [-0.3, -0.25) is 0 Å². The Labute approximate surface area is 136 Å². The monoisotopic (exact) mass is 330 g/mol. The Balaban J connectivity index is 2.29. The van der Waals surface area contributed by atoms with E-state index in [1.54, 1.807) is 30.3 Å². The van der Waals surface area contributed by atoms with Crippen LogP contribution in [0.15, 0.2) is 60.7 Å². The highest BCUT2D eigenvalue weighted by Gasteiger charge is 2.30. The highest BCUT2D eigenvalue weighted by atomic mass is 19.4. The van der Waals surface area contributed by atoms with E-state index < -0.39 is 17.7 Å². The largest absolute Gasteiger partial charge is 0.465 e. The second-order valence-corrected chi connectivity index (χ2v) is 5.28. The van der Waals surface area contributed by atoms with E-state index in [9.17, 15) is 18.0 Å². The quantitative estimate of drug-likeness (QED) is 0.595. The van der Waals surface area contributed by atoms with Crippen molar-refractivity contribution in [2.45, 2.75) is 6.18 Å². The Morgan fingerprint density at radius 1 is 0.958 bits per heavy atom. The fourth-order valence-electron chi connectivity index (χ4n) is 2.70. The van der Waals surface area contributed by atoms with Crippen molar-refractivity contribution >= 4 is 16.7 Å². The minimum Gasteiger partial charge on any atom is -0.465 e. The lowest BCUT2D eigenvalue weighted by atomic mass is 9.93. The standard InChI is InChI=1S/C19H13F3O2/c1-24-18(23)17-15-8-3-2-5-12(15)9-10-16(17)13-6-4-7-14(11-13)19(20,21)22/h2-11H,1H3. The van der Waals surface area contributed by atoms with Crippen LogP contribution in [0.4, 0.5) is 13.2 Å². The van der Waals surface area contributed by atoms with E-state index in [0.717, 1.165) is 17.5 Å². The molecule has 0 aliphatic carbocycles. The Kier molecular flexibility index (Phi) is 4.01.